The van der Waals surface area contributed by atoms with Crippen molar-refractivity contribution in [1.29, 1.82) is 0 Å². The Morgan fingerprint density at radius 2 is 1.59 bits per heavy atom. The van der Waals surface area contributed by atoms with Gasteiger partial charge in [0.05, 0.1) is 37.0 Å². The summed E-state index contributed by atoms with van der Waals surface area (Å²) in [6.45, 7) is 4.07. The number of nitrogens with zero attached hydrogens (tertiary/aromatic N) is 2. The van der Waals surface area contributed by atoms with E-state index in [0.717, 1.165) is 6.07 Å². The van der Waals surface area contributed by atoms with Crippen molar-refractivity contribution < 1.29 is 41.8 Å². The van der Waals surface area contributed by atoms with E-state index < -0.39 is 34.0 Å². The number of hydrazone groups is 1. The van der Waals surface area contributed by atoms with Crippen LogP contribution in [0.25, 0.3) is 0 Å². The predicted octanol–water partition coefficient (Wildman–Crippen LogP) is 5.98. The second-order valence-electron chi connectivity index (χ2n) is 7.68. The van der Waals surface area contributed by atoms with E-state index >= 15 is 0 Å². The maximum absolute atomic E-state index is 13.0. The zero-order chi connectivity index (χ0) is 28.6. The van der Waals surface area contributed by atoms with Gasteiger partial charge in [-0.1, -0.05) is 0 Å². The van der Waals surface area contributed by atoms with Crippen molar-refractivity contribution in [3.63, 3.8) is 0 Å². The molecule has 0 spiro atoms. The second kappa shape index (κ2) is 12.6. The molecule has 0 heterocycles. The first kappa shape index (κ1) is 28.8. The maximum atomic E-state index is 13.0. The number of nitrogens with one attached hydrogen (secondary N) is 1. The van der Waals surface area contributed by atoms with Crippen molar-refractivity contribution in [3.8, 4) is 28.7 Å². The highest BCUT2D eigenvalue weighted by molar-refractivity contribution is 5.95. The smallest absolute Gasteiger partial charge is 0.416 e. The number of hydrogen-bond donors (Lipinski definition) is 1. The highest BCUT2D eigenvalue weighted by Crippen LogP contribution is 2.40. The Bertz CT molecular complexity index is 1380. The van der Waals surface area contributed by atoms with Crippen LogP contribution in [0, 0.1) is 10.1 Å². The van der Waals surface area contributed by atoms with E-state index in [1.165, 1.54) is 37.6 Å². The predicted molar refractivity (Wildman–Crippen MR) is 135 cm³/mol. The second-order valence-corrected chi connectivity index (χ2v) is 7.68. The number of halogens is 3. The molecular weight excluding hydrogens is 523 g/mol. The number of nitro groups is 1. The van der Waals surface area contributed by atoms with E-state index in [2.05, 4.69) is 10.5 Å². The summed E-state index contributed by atoms with van der Waals surface area (Å²) in [5, 5.41) is 15.3. The van der Waals surface area contributed by atoms with Crippen LogP contribution in [0.5, 0.6) is 28.7 Å². The number of carbonyl (C=O) groups is 1. The van der Waals surface area contributed by atoms with Crippen molar-refractivity contribution in [1.82, 2.24) is 5.43 Å². The molecule has 0 atom stereocenters. The van der Waals surface area contributed by atoms with Crippen LogP contribution < -0.4 is 24.4 Å². The van der Waals surface area contributed by atoms with Crippen molar-refractivity contribution in [2.75, 3.05) is 20.3 Å². The Morgan fingerprint density at radius 1 is 0.949 bits per heavy atom. The zero-order valence-electron chi connectivity index (χ0n) is 21.1. The quantitative estimate of drug-likeness (QED) is 0.178. The first-order valence-corrected chi connectivity index (χ1v) is 11.5. The summed E-state index contributed by atoms with van der Waals surface area (Å²) in [5.41, 5.74) is 1.12. The minimum atomic E-state index is -4.75. The SMILES string of the molecule is CCOc1cc(C(=O)N/N=C/c2ccc(Oc3ccc(C(F)(F)F)cc3[N+](=O)[O-])c(OCC)c2)ccc1OC. The zero-order valence-corrected chi connectivity index (χ0v) is 21.1. The number of benzene rings is 3. The lowest BCUT2D eigenvalue weighted by Crippen LogP contribution is -2.17. The Balaban J connectivity index is 1.79. The van der Waals surface area contributed by atoms with Crippen molar-refractivity contribution in [2.45, 2.75) is 20.0 Å². The largest absolute Gasteiger partial charge is 0.493 e. The molecule has 0 saturated carbocycles. The molecule has 0 radical (unpaired) electrons. The van der Waals surface area contributed by atoms with E-state index in [-0.39, 0.29) is 23.7 Å². The van der Waals surface area contributed by atoms with Gasteiger partial charge in [0.1, 0.15) is 0 Å². The standard InChI is InChI=1S/C26H24F3N3O7/c1-4-37-23-12-16(15-30-31-25(33)17-7-10-21(36-3)24(13-17)38-5-2)6-9-22(23)39-20-11-8-18(26(27,28)29)14-19(20)32(34)35/h6-15H,4-5H2,1-3H3,(H,31,33)/b30-15+. The molecule has 0 fully saturated rings. The highest BCUT2D eigenvalue weighted by Gasteiger charge is 2.33. The first-order valence-electron chi connectivity index (χ1n) is 11.5. The molecule has 10 nitrogen and oxygen atoms in total. The van der Waals surface area contributed by atoms with Crippen LogP contribution in [0.4, 0.5) is 18.9 Å². The average Bonchev–Trinajstić information content (AvgIpc) is 2.89. The summed E-state index contributed by atoms with van der Waals surface area (Å²) >= 11 is 0. The van der Waals surface area contributed by atoms with E-state index in [1.54, 1.807) is 26.0 Å². The fourth-order valence-electron chi connectivity index (χ4n) is 3.31. The molecule has 13 heteroatoms. The maximum Gasteiger partial charge on any atom is 0.416 e. The molecule has 1 amide bonds. The van der Waals surface area contributed by atoms with Gasteiger partial charge in [0.2, 0.25) is 5.75 Å². The normalized spacial score (nSPS) is 11.2. The lowest BCUT2D eigenvalue weighted by molar-refractivity contribution is -0.385. The molecule has 3 aromatic carbocycles. The van der Waals surface area contributed by atoms with Gasteiger partial charge in [-0.25, -0.2) is 5.43 Å². The van der Waals surface area contributed by atoms with E-state index in [9.17, 15) is 28.1 Å². The Morgan fingerprint density at radius 3 is 2.21 bits per heavy atom. The summed E-state index contributed by atoms with van der Waals surface area (Å²) in [7, 11) is 1.49. The number of carbonyl (C=O) groups excluding carboxylic acids is 1. The minimum absolute atomic E-state index is 0.0302. The number of ether oxygens (including phenoxy) is 4. The molecule has 0 aliphatic carbocycles. The molecule has 0 aromatic heterocycles. The number of amides is 1. The topological polar surface area (TPSA) is 122 Å². The minimum Gasteiger partial charge on any atom is -0.493 e. The summed E-state index contributed by atoms with van der Waals surface area (Å²) in [4.78, 5) is 22.9. The van der Waals surface area contributed by atoms with Gasteiger partial charge in [-0.05, 0) is 67.9 Å². The molecule has 0 aliphatic heterocycles. The van der Waals surface area contributed by atoms with Gasteiger partial charge in [0, 0.05) is 11.6 Å². The molecule has 206 valence electrons. The Hall–Kier alpha value is -4.81. The molecule has 3 rings (SSSR count). The van der Waals surface area contributed by atoms with Crippen molar-refractivity contribution in [2.24, 2.45) is 5.10 Å². The summed E-state index contributed by atoms with van der Waals surface area (Å²) in [6.07, 6.45) is -3.42. The number of nitro benzene ring substituents is 1. The van der Waals surface area contributed by atoms with Crippen molar-refractivity contribution >= 4 is 17.8 Å². The third-order valence-corrected chi connectivity index (χ3v) is 5.08. The van der Waals surface area contributed by atoms with Gasteiger partial charge < -0.3 is 18.9 Å². The number of rotatable bonds is 11. The van der Waals surface area contributed by atoms with Crippen LogP contribution in [0.3, 0.4) is 0 Å². The van der Waals surface area contributed by atoms with E-state index in [1.807, 2.05) is 0 Å². The fourth-order valence-corrected chi connectivity index (χ4v) is 3.31. The van der Waals surface area contributed by atoms with Crippen LogP contribution in [-0.4, -0.2) is 37.4 Å². The van der Waals surface area contributed by atoms with Gasteiger partial charge in [-0.2, -0.15) is 18.3 Å². The van der Waals surface area contributed by atoms with Crippen LogP contribution in [-0.2, 0) is 6.18 Å². The molecular formula is C26H24F3N3O7. The molecule has 1 N–H and O–H groups in total. The first-order chi connectivity index (χ1) is 18.6. The third-order valence-electron chi connectivity index (χ3n) is 5.08. The molecule has 0 unspecified atom stereocenters. The third kappa shape index (κ3) is 7.37. The fraction of sp³-hybridized carbons (Fsp3) is 0.231. The number of alkyl halides is 3. The summed E-state index contributed by atoms with van der Waals surface area (Å²) < 4.78 is 60.7. The van der Waals surface area contributed by atoms with Crippen molar-refractivity contribution in [3.05, 3.63) is 81.4 Å². The van der Waals surface area contributed by atoms with Gasteiger partial charge in [-0.3, -0.25) is 14.9 Å². The molecule has 0 aliphatic rings. The number of hydrogen-bond acceptors (Lipinski definition) is 8. The van der Waals surface area contributed by atoms with Crippen LogP contribution in [0.15, 0.2) is 59.7 Å². The van der Waals surface area contributed by atoms with Crippen LogP contribution in [0.2, 0.25) is 0 Å². The van der Waals surface area contributed by atoms with E-state index in [4.69, 9.17) is 18.9 Å². The lowest BCUT2D eigenvalue weighted by Gasteiger charge is -2.13. The van der Waals surface area contributed by atoms with Gasteiger partial charge >= 0.3 is 11.9 Å². The molecule has 0 bridgehead atoms. The van der Waals surface area contributed by atoms with Gasteiger partial charge in [0.15, 0.2) is 23.0 Å². The summed E-state index contributed by atoms with van der Waals surface area (Å²) in [5.74, 6) is 0.162. The lowest BCUT2D eigenvalue weighted by atomic mass is 10.1. The number of methoxy groups -OCH3 is 1. The van der Waals surface area contributed by atoms with E-state index in [0.29, 0.717) is 35.8 Å². The monoisotopic (exact) mass is 547 g/mol. The van der Waals surface area contributed by atoms with Crippen LogP contribution in [0.1, 0.15) is 35.3 Å². The molecule has 0 saturated heterocycles. The Kier molecular flexibility index (Phi) is 9.31. The average molecular weight is 547 g/mol. The van der Waals surface area contributed by atoms with Crippen LogP contribution >= 0.6 is 0 Å². The molecule has 3 aromatic rings. The summed E-state index contributed by atoms with van der Waals surface area (Å²) in [6, 6.07) is 11.0. The Labute approximate surface area is 221 Å². The highest BCUT2D eigenvalue weighted by atomic mass is 19.4. The van der Waals surface area contributed by atoms with Gasteiger partial charge in [0.25, 0.3) is 5.91 Å². The van der Waals surface area contributed by atoms with Gasteiger partial charge in [-0.15, -0.1) is 0 Å². The molecule has 39 heavy (non-hydrogen) atoms.